The van der Waals surface area contributed by atoms with Gasteiger partial charge < -0.3 is 15.2 Å². The van der Waals surface area contributed by atoms with Crippen LogP contribution in [0.4, 0.5) is 5.82 Å². The molecule has 0 bridgehead atoms. The number of nitrogens with one attached hydrogen (secondary N) is 1. The smallest absolute Gasteiger partial charge is 0.329 e. The summed E-state index contributed by atoms with van der Waals surface area (Å²) in [7, 11) is 0. The number of rotatable bonds is 5. The number of hydrogen-bond acceptors (Lipinski definition) is 4. The van der Waals surface area contributed by atoms with Gasteiger partial charge in [-0.05, 0) is 31.5 Å². The maximum Gasteiger partial charge on any atom is 0.329 e. The van der Waals surface area contributed by atoms with Crippen molar-refractivity contribution in [2.75, 3.05) is 18.5 Å². The van der Waals surface area contributed by atoms with Crippen LogP contribution < -0.4 is 5.32 Å². The van der Waals surface area contributed by atoms with Crippen molar-refractivity contribution in [2.45, 2.75) is 13.8 Å². The van der Waals surface area contributed by atoms with E-state index in [1.165, 1.54) is 0 Å². The Bertz CT molecular complexity index is 411. The summed E-state index contributed by atoms with van der Waals surface area (Å²) in [6.07, 6.45) is 0. The summed E-state index contributed by atoms with van der Waals surface area (Å²) in [5.41, 5.74) is 1.78. The third kappa shape index (κ3) is 5.07. The summed E-state index contributed by atoms with van der Waals surface area (Å²) in [6.45, 7) is 2.92. The monoisotopic (exact) mass is 238 g/mol. The van der Waals surface area contributed by atoms with Crippen LogP contribution in [0.15, 0.2) is 12.1 Å². The molecule has 0 atom stereocenters. The lowest BCUT2D eigenvalue weighted by molar-refractivity contribution is -0.143. The van der Waals surface area contributed by atoms with Gasteiger partial charge in [0.25, 0.3) is 5.91 Å². The SMILES string of the molecule is Cc1cc(C)nc(NC(=O)COCC(=O)O)c1. The molecule has 0 unspecified atom stereocenters. The Morgan fingerprint density at radius 3 is 2.65 bits per heavy atom. The lowest BCUT2D eigenvalue weighted by atomic mass is 10.2. The topological polar surface area (TPSA) is 88.5 Å². The normalized spacial score (nSPS) is 10.0. The number of anilines is 1. The van der Waals surface area contributed by atoms with Crippen molar-refractivity contribution >= 4 is 17.7 Å². The first-order chi connectivity index (χ1) is 7.97. The van der Waals surface area contributed by atoms with E-state index in [1.54, 1.807) is 6.07 Å². The summed E-state index contributed by atoms with van der Waals surface area (Å²) in [6, 6.07) is 3.61. The molecule has 0 fully saturated rings. The lowest BCUT2D eigenvalue weighted by Crippen LogP contribution is -2.21. The Hall–Kier alpha value is -1.95. The number of carboxylic acids is 1. The van der Waals surface area contributed by atoms with Crippen molar-refractivity contribution < 1.29 is 19.4 Å². The van der Waals surface area contributed by atoms with E-state index >= 15 is 0 Å². The minimum atomic E-state index is -1.11. The van der Waals surface area contributed by atoms with Crippen LogP contribution in [0.25, 0.3) is 0 Å². The second kappa shape index (κ2) is 5.95. The number of carbonyl (C=O) groups is 2. The van der Waals surface area contributed by atoms with Gasteiger partial charge in [-0.3, -0.25) is 4.79 Å². The van der Waals surface area contributed by atoms with E-state index in [1.807, 2.05) is 19.9 Å². The van der Waals surface area contributed by atoms with E-state index in [0.29, 0.717) is 5.82 Å². The van der Waals surface area contributed by atoms with Crippen LogP contribution in [0.3, 0.4) is 0 Å². The predicted octanol–water partition coefficient (Wildman–Crippen LogP) is 0.738. The van der Waals surface area contributed by atoms with Gasteiger partial charge in [-0.2, -0.15) is 0 Å². The number of pyridine rings is 1. The first kappa shape index (κ1) is 13.1. The van der Waals surface area contributed by atoms with Gasteiger partial charge in [-0.25, -0.2) is 9.78 Å². The van der Waals surface area contributed by atoms with Gasteiger partial charge in [0.2, 0.25) is 0 Å². The van der Waals surface area contributed by atoms with E-state index in [2.05, 4.69) is 15.0 Å². The third-order valence-electron chi connectivity index (χ3n) is 1.82. The molecular formula is C11H14N2O4. The van der Waals surface area contributed by atoms with Crippen LogP contribution in [0.5, 0.6) is 0 Å². The minimum Gasteiger partial charge on any atom is -0.480 e. The molecule has 1 heterocycles. The van der Waals surface area contributed by atoms with Gasteiger partial charge in [0.05, 0.1) is 0 Å². The Morgan fingerprint density at radius 2 is 2.06 bits per heavy atom. The molecular weight excluding hydrogens is 224 g/mol. The molecule has 1 aromatic heterocycles. The largest absolute Gasteiger partial charge is 0.480 e. The highest BCUT2D eigenvalue weighted by molar-refractivity contribution is 5.91. The Labute approximate surface area is 98.6 Å². The van der Waals surface area contributed by atoms with Crippen LogP contribution in [0, 0.1) is 13.8 Å². The van der Waals surface area contributed by atoms with Crippen LogP contribution in [-0.4, -0.2) is 35.2 Å². The van der Waals surface area contributed by atoms with Crippen molar-refractivity contribution in [3.63, 3.8) is 0 Å². The zero-order valence-corrected chi connectivity index (χ0v) is 9.69. The maximum absolute atomic E-state index is 11.3. The molecule has 1 aromatic rings. The number of aliphatic carboxylic acids is 1. The summed E-state index contributed by atoms with van der Waals surface area (Å²) in [4.78, 5) is 25.6. The van der Waals surface area contributed by atoms with Crippen molar-refractivity contribution in [2.24, 2.45) is 0 Å². The quantitative estimate of drug-likeness (QED) is 0.789. The second-order valence-electron chi connectivity index (χ2n) is 3.61. The van der Waals surface area contributed by atoms with Crippen LogP contribution in [0.2, 0.25) is 0 Å². The molecule has 0 aliphatic carbocycles. The number of amides is 1. The van der Waals surface area contributed by atoms with E-state index in [4.69, 9.17) is 5.11 Å². The van der Waals surface area contributed by atoms with Gasteiger partial charge in [-0.15, -0.1) is 0 Å². The van der Waals surface area contributed by atoms with Crippen molar-refractivity contribution in [1.29, 1.82) is 0 Å². The number of hydrogen-bond donors (Lipinski definition) is 2. The fourth-order valence-corrected chi connectivity index (χ4v) is 1.32. The standard InChI is InChI=1S/C11H14N2O4/c1-7-3-8(2)12-9(4-7)13-10(14)5-17-6-11(15)16/h3-4H,5-6H2,1-2H3,(H,15,16)(H,12,13,14). The fraction of sp³-hybridized carbons (Fsp3) is 0.364. The van der Waals surface area contributed by atoms with Gasteiger partial charge in [0.15, 0.2) is 0 Å². The zero-order valence-electron chi connectivity index (χ0n) is 9.69. The van der Waals surface area contributed by atoms with E-state index < -0.39 is 18.5 Å². The number of carbonyl (C=O) groups excluding carboxylic acids is 1. The molecule has 92 valence electrons. The molecule has 0 saturated carbocycles. The Morgan fingerprint density at radius 1 is 1.35 bits per heavy atom. The number of aromatic nitrogens is 1. The second-order valence-corrected chi connectivity index (χ2v) is 3.61. The van der Waals surface area contributed by atoms with E-state index in [-0.39, 0.29) is 6.61 Å². The van der Waals surface area contributed by atoms with E-state index in [0.717, 1.165) is 11.3 Å². The van der Waals surface area contributed by atoms with E-state index in [9.17, 15) is 9.59 Å². The van der Waals surface area contributed by atoms with Gasteiger partial charge in [-0.1, -0.05) is 0 Å². The van der Waals surface area contributed by atoms with Crippen LogP contribution in [-0.2, 0) is 14.3 Å². The third-order valence-corrected chi connectivity index (χ3v) is 1.82. The predicted molar refractivity (Wildman–Crippen MR) is 60.8 cm³/mol. The molecule has 17 heavy (non-hydrogen) atoms. The molecule has 1 rings (SSSR count). The fourth-order valence-electron chi connectivity index (χ4n) is 1.32. The van der Waals surface area contributed by atoms with Crippen molar-refractivity contribution in [1.82, 2.24) is 4.98 Å². The highest BCUT2D eigenvalue weighted by Gasteiger charge is 2.05. The number of aryl methyl sites for hydroxylation is 2. The summed E-state index contributed by atoms with van der Waals surface area (Å²) < 4.78 is 4.65. The summed E-state index contributed by atoms with van der Waals surface area (Å²) >= 11 is 0. The summed E-state index contributed by atoms with van der Waals surface area (Å²) in [5, 5.41) is 10.8. The zero-order chi connectivity index (χ0) is 12.8. The molecule has 0 aliphatic rings. The van der Waals surface area contributed by atoms with Crippen LogP contribution >= 0.6 is 0 Å². The van der Waals surface area contributed by atoms with Gasteiger partial charge in [0.1, 0.15) is 19.0 Å². The molecule has 1 amide bonds. The van der Waals surface area contributed by atoms with Gasteiger partial charge in [0, 0.05) is 5.69 Å². The molecule has 0 spiro atoms. The number of nitrogens with zero attached hydrogens (tertiary/aromatic N) is 1. The average Bonchev–Trinajstić information content (AvgIpc) is 2.14. The lowest BCUT2D eigenvalue weighted by Gasteiger charge is -2.06. The average molecular weight is 238 g/mol. The molecule has 6 nitrogen and oxygen atoms in total. The molecule has 0 aliphatic heterocycles. The molecule has 0 aromatic carbocycles. The Kier molecular flexibility index (Phi) is 4.59. The summed E-state index contributed by atoms with van der Waals surface area (Å²) in [5.74, 6) is -1.10. The van der Waals surface area contributed by atoms with Crippen molar-refractivity contribution in [3.8, 4) is 0 Å². The minimum absolute atomic E-state index is 0.305. The van der Waals surface area contributed by atoms with Crippen molar-refractivity contribution in [3.05, 3.63) is 23.4 Å². The van der Waals surface area contributed by atoms with Crippen LogP contribution in [0.1, 0.15) is 11.3 Å². The first-order valence-corrected chi connectivity index (χ1v) is 5.02. The number of ether oxygens (including phenoxy) is 1. The Balaban J connectivity index is 2.47. The van der Waals surface area contributed by atoms with Gasteiger partial charge >= 0.3 is 5.97 Å². The molecule has 0 radical (unpaired) electrons. The maximum atomic E-state index is 11.3. The first-order valence-electron chi connectivity index (χ1n) is 5.02. The highest BCUT2D eigenvalue weighted by atomic mass is 16.5. The molecule has 2 N–H and O–H groups in total. The molecule has 0 saturated heterocycles. The molecule has 6 heteroatoms. The number of carboxylic acid groups (broad SMARTS) is 1. The highest BCUT2D eigenvalue weighted by Crippen LogP contribution is 2.08.